The zero-order valence-corrected chi connectivity index (χ0v) is 13.2. The zero-order chi connectivity index (χ0) is 15.7. The van der Waals surface area contributed by atoms with Crippen molar-refractivity contribution in [3.63, 3.8) is 0 Å². The molecular weight excluding hydrogens is 316 g/mol. The summed E-state index contributed by atoms with van der Waals surface area (Å²) in [5, 5.41) is 5.01. The van der Waals surface area contributed by atoms with Crippen molar-refractivity contribution < 1.29 is 21.6 Å². The molecule has 3 N–H and O–H groups in total. The van der Waals surface area contributed by atoms with Gasteiger partial charge in [-0.1, -0.05) is 6.07 Å². The lowest BCUT2D eigenvalue weighted by Crippen LogP contribution is -2.40. The topological polar surface area (TPSA) is 116 Å². The summed E-state index contributed by atoms with van der Waals surface area (Å²) in [5.41, 5.74) is 0. The molecule has 118 valence electrons. The van der Waals surface area contributed by atoms with E-state index in [9.17, 15) is 16.8 Å². The molecule has 1 aromatic carbocycles. The Morgan fingerprint density at radius 3 is 2.52 bits per heavy atom. The fraction of sp³-hybridized carbons (Fsp3) is 0.500. The van der Waals surface area contributed by atoms with Gasteiger partial charge in [0.2, 0.25) is 20.0 Å². The van der Waals surface area contributed by atoms with Crippen LogP contribution in [-0.2, 0) is 24.8 Å². The molecule has 1 saturated heterocycles. The Morgan fingerprint density at radius 2 is 1.95 bits per heavy atom. The molecule has 1 heterocycles. The van der Waals surface area contributed by atoms with Crippen molar-refractivity contribution in [2.45, 2.75) is 41.7 Å². The molecule has 7 nitrogen and oxygen atoms in total. The molecule has 0 saturated carbocycles. The third-order valence-corrected chi connectivity index (χ3v) is 5.78. The number of hydrogen-bond acceptors (Lipinski definition) is 5. The van der Waals surface area contributed by atoms with E-state index in [4.69, 9.17) is 9.88 Å². The van der Waals surface area contributed by atoms with E-state index in [1.807, 2.05) is 0 Å². The SMILES string of the molecule is C[C@H](NS(=O)(=O)c1cccc(S(N)(=O)=O)c1)[C@H]1CCCO1. The lowest BCUT2D eigenvalue weighted by molar-refractivity contribution is 0.0902. The summed E-state index contributed by atoms with van der Waals surface area (Å²) in [6.07, 6.45) is 1.53. The third kappa shape index (κ3) is 4.01. The van der Waals surface area contributed by atoms with Crippen LogP contribution in [0.25, 0.3) is 0 Å². The molecule has 1 aliphatic rings. The van der Waals surface area contributed by atoms with Crippen LogP contribution in [0, 0.1) is 0 Å². The van der Waals surface area contributed by atoms with Crippen LogP contribution >= 0.6 is 0 Å². The summed E-state index contributed by atoms with van der Waals surface area (Å²) >= 11 is 0. The number of nitrogens with one attached hydrogen (secondary N) is 1. The van der Waals surface area contributed by atoms with Crippen molar-refractivity contribution in [2.75, 3.05) is 6.61 Å². The Balaban J connectivity index is 2.23. The summed E-state index contributed by atoms with van der Waals surface area (Å²) < 4.78 is 55.1. The molecule has 0 bridgehead atoms. The van der Waals surface area contributed by atoms with Crippen LogP contribution in [0.15, 0.2) is 34.1 Å². The molecular formula is C12H18N2O5S2. The van der Waals surface area contributed by atoms with Gasteiger partial charge in [0.15, 0.2) is 0 Å². The van der Waals surface area contributed by atoms with E-state index in [1.54, 1.807) is 6.92 Å². The Bertz CT molecular complexity index is 709. The van der Waals surface area contributed by atoms with Gasteiger partial charge in [-0.05, 0) is 38.0 Å². The number of benzene rings is 1. The lowest BCUT2D eigenvalue weighted by atomic mass is 10.1. The number of nitrogens with two attached hydrogens (primary N) is 1. The second kappa shape index (κ2) is 6.01. The summed E-state index contributed by atoms with van der Waals surface area (Å²) in [6.45, 7) is 2.34. The summed E-state index contributed by atoms with van der Waals surface area (Å²) in [5.74, 6) is 0. The highest BCUT2D eigenvalue weighted by Crippen LogP contribution is 2.19. The number of sulfonamides is 2. The van der Waals surface area contributed by atoms with Crippen molar-refractivity contribution in [2.24, 2.45) is 5.14 Å². The van der Waals surface area contributed by atoms with Gasteiger partial charge in [-0.3, -0.25) is 0 Å². The van der Waals surface area contributed by atoms with E-state index in [-0.39, 0.29) is 15.9 Å². The predicted octanol–water partition coefficient (Wildman–Crippen LogP) is 0.180. The lowest BCUT2D eigenvalue weighted by Gasteiger charge is -2.20. The number of hydrogen-bond donors (Lipinski definition) is 2. The molecule has 0 aromatic heterocycles. The summed E-state index contributed by atoms with van der Waals surface area (Å²) in [7, 11) is -7.78. The maximum Gasteiger partial charge on any atom is 0.240 e. The van der Waals surface area contributed by atoms with Crippen molar-refractivity contribution in [1.82, 2.24) is 4.72 Å². The summed E-state index contributed by atoms with van der Waals surface area (Å²) in [6, 6.07) is 4.55. The number of primary sulfonamides is 1. The first-order chi connectivity index (χ1) is 9.70. The molecule has 1 aliphatic heterocycles. The van der Waals surface area contributed by atoms with E-state index in [2.05, 4.69) is 4.72 Å². The van der Waals surface area contributed by atoms with E-state index >= 15 is 0 Å². The van der Waals surface area contributed by atoms with Gasteiger partial charge in [0.1, 0.15) is 0 Å². The van der Waals surface area contributed by atoms with Crippen molar-refractivity contribution >= 4 is 20.0 Å². The van der Waals surface area contributed by atoms with Crippen molar-refractivity contribution in [3.05, 3.63) is 24.3 Å². The molecule has 21 heavy (non-hydrogen) atoms. The van der Waals surface area contributed by atoms with Gasteiger partial charge in [-0.2, -0.15) is 0 Å². The highest BCUT2D eigenvalue weighted by molar-refractivity contribution is 7.90. The van der Waals surface area contributed by atoms with Gasteiger partial charge in [0.05, 0.1) is 15.9 Å². The highest BCUT2D eigenvalue weighted by atomic mass is 32.2. The molecule has 0 spiro atoms. The van der Waals surface area contributed by atoms with Crippen LogP contribution in [0.2, 0.25) is 0 Å². The van der Waals surface area contributed by atoms with Gasteiger partial charge < -0.3 is 4.74 Å². The van der Waals surface area contributed by atoms with E-state index in [0.29, 0.717) is 6.61 Å². The van der Waals surface area contributed by atoms with Gasteiger partial charge in [-0.25, -0.2) is 26.7 Å². The van der Waals surface area contributed by atoms with Crippen molar-refractivity contribution in [3.8, 4) is 0 Å². The van der Waals surface area contributed by atoms with Crippen LogP contribution in [0.4, 0.5) is 0 Å². The predicted molar refractivity (Wildman–Crippen MR) is 76.6 cm³/mol. The molecule has 1 fully saturated rings. The van der Waals surface area contributed by atoms with Crippen LogP contribution < -0.4 is 9.86 Å². The fourth-order valence-electron chi connectivity index (χ4n) is 2.20. The van der Waals surface area contributed by atoms with Crippen LogP contribution in [0.3, 0.4) is 0 Å². The average Bonchev–Trinajstić information content (AvgIpc) is 2.91. The molecule has 2 atom stereocenters. The number of rotatable bonds is 5. The first-order valence-corrected chi connectivity index (χ1v) is 9.50. The van der Waals surface area contributed by atoms with Gasteiger partial charge >= 0.3 is 0 Å². The maximum atomic E-state index is 12.3. The average molecular weight is 334 g/mol. The first-order valence-electron chi connectivity index (χ1n) is 6.47. The van der Waals surface area contributed by atoms with Crippen LogP contribution in [0.5, 0.6) is 0 Å². The Morgan fingerprint density at radius 1 is 1.29 bits per heavy atom. The first kappa shape index (κ1) is 16.4. The largest absolute Gasteiger partial charge is 0.377 e. The number of ether oxygens (including phenoxy) is 1. The monoisotopic (exact) mass is 334 g/mol. The Hall–Kier alpha value is -1.00. The van der Waals surface area contributed by atoms with Gasteiger partial charge in [0.25, 0.3) is 0 Å². The maximum absolute atomic E-state index is 12.3. The quantitative estimate of drug-likeness (QED) is 0.797. The standard InChI is InChI=1S/C12H18N2O5S2/c1-9(12-6-3-7-19-12)14-21(17,18)11-5-2-4-10(8-11)20(13,15)16/h2,4-5,8-9,12,14H,3,6-7H2,1H3,(H2,13,15,16)/t9-,12+/m0/s1. The van der Waals surface area contributed by atoms with Crippen LogP contribution in [-0.4, -0.2) is 35.6 Å². The molecule has 0 radical (unpaired) electrons. The van der Waals surface area contributed by atoms with Gasteiger partial charge in [0, 0.05) is 12.6 Å². The molecule has 0 aliphatic carbocycles. The normalized spacial score (nSPS) is 21.3. The minimum absolute atomic E-state index is 0.140. The smallest absolute Gasteiger partial charge is 0.240 e. The molecule has 1 aromatic rings. The van der Waals surface area contributed by atoms with E-state index < -0.39 is 26.1 Å². The second-order valence-electron chi connectivity index (χ2n) is 4.98. The minimum Gasteiger partial charge on any atom is -0.377 e. The van der Waals surface area contributed by atoms with Gasteiger partial charge in [-0.15, -0.1) is 0 Å². The minimum atomic E-state index is -3.95. The molecule has 0 unspecified atom stereocenters. The highest BCUT2D eigenvalue weighted by Gasteiger charge is 2.27. The zero-order valence-electron chi connectivity index (χ0n) is 11.5. The Labute approximate surface area is 124 Å². The third-order valence-electron chi connectivity index (χ3n) is 3.31. The van der Waals surface area contributed by atoms with E-state index in [0.717, 1.165) is 18.9 Å². The molecule has 9 heteroatoms. The molecule has 0 amide bonds. The molecule has 2 rings (SSSR count). The fourth-order valence-corrected chi connectivity index (χ4v) is 4.16. The Kier molecular flexibility index (Phi) is 4.69. The van der Waals surface area contributed by atoms with E-state index in [1.165, 1.54) is 18.2 Å². The van der Waals surface area contributed by atoms with Crippen LogP contribution in [0.1, 0.15) is 19.8 Å². The summed E-state index contributed by atoms with van der Waals surface area (Å²) in [4.78, 5) is -0.381. The second-order valence-corrected chi connectivity index (χ2v) is 8.26. The van der Waals surface area contributed by atoms with Crippen molar-refractivity contribution in [1.29, 1.82) is 0 Å².